The molecule has 0 heterocycles. The summed E-state index contributed by atoms with van der Waals surface area (Å²) in [5.74, 6) is 0.725. The van der Waals surface area contributed by atoms with Gasteiger partial charge in [0.1, 0.15) is 0 Å². The van der Waals surface area contributed by atoms with Crippen molar-refractivity contribution in [2.24, 2.45) is 5.92 Å². The van der Waals surface area contributed by atoms with Gasteiger partial charge in [0.25, 0.3) is 0 Å². The van der Waals surface area contributed by atoms with Crippen molar-refractivity contribution in [2.45, 2.75) is 33.2 Å². The lowest BCUT2D eigenvalue weighted by molar-refractivity contribution is 0.206. The van der Waals surface area contributed by atoms with Gasteiger partial charge in [-0.2, -0.15) is 0 Å². The lowest BCUT2D eigenvalue weighted by Crippen LogP contribution is -2.37. The summed E-state index contributed by atoms with van der Waals surface area (Å²) < 4.78 is 0. The first kappa shape index (κ1) is 12.9. The molecule has 3 heteroatoms. The smallest absolute Gasteiger partial charge is 0.317 e. The zero-order valence-electron chi connectivity index (χ0n) is 11.5. The van der Waals surface area contributed by atoms with Crippen LogP contribution in [0.15, 0.2) is 18.2 Å². The molecule has 1 saturated carbocycles. The van der Waals surface area contributed by atoms with Crippen LogP contribution in [0.4, 0.5) is 4.79 Å². The number of carbonyl (C=O) groups is 1. The highest BCUT2D eigenvalue weighted by Crippen LogP contribution is 2.27. The molecule has 1 N–H and O–H groups in total. The maximum absolute atomic E-state index is 11.9. The molecule has 1 aromatic carbocycles. The van der Waals surface area contributed by atoms with Crippen LogP contribution in [0, 0.1) is 19.8 Å². The Morgan fingerprint density at radius 2 is 2.11 bits per heavy atom. The zero-order chi connectivity index (χ0) is 13.1. The summed E-state index contributed by atoms with van der Waals surface area (Å²) in [7, 11) is 1.85. The van der Waals surface area contributed by atoms with Gasteiger partial charge in [-0.3, -0.25) is 0 Å². The average Bonchev–Trinajstić information content (AvgIpc) is 3.13. The number of benzene rings is 1. The quantitative estimate of drug-likeness (QED) is 0.870. The number of nitrogens with zero attached hydrogens (tertiary/aromatic N) is 1. The van der Waals surface area contributed by atoms with Crippen molar-refractivity contribution in [3.8, 4) is 0 Å². The fourth-order valence-corrected chi connectivity index (χ4v) is 2.04. The van der Waals surface area contributed by atoms with Gasteiger partial charge >= 0.3 is 6.03 Å². The highest BCUT2D eigenvalue weighted by molar-refractivity contribution is 5.73. The van der Waals surface area contributed by atoms with Crippen LogP contribution in [0.2, 0.25) is 0 Å². The second-order valence-electron chi connectivity index (χ2n) is 5.42. The molecule has 0 saturated heterocycles. The predicted octanol–water partition coefficient (Wildman–Crippen LogP) is 2.85. The van der Waals surface area contributed by atoms with Crippen molar-refractivity contribution in [2.75, 3.05) is 13.6 Å². The molecular weight excluding hydrogens is 224 g/mol. The highest BCUT2D eigenvalue weighted by Gasteiger charge is 2.22. The van der Waals surface area contributed by atoms with Crippen molar-refractivity contribution in [3.63, 3.8) is 0 Å². The summed E-state index contributed by atoms with van der Waals surface area (Å²) in [6.45, 7) is 5.68. The molecule has 98 valence electrons. The summed E-state index contributed by atoms with van der Waals surface area (Å²) in [6.07, 6.45) is 2.53. The Bertz CT molecular complexity index is 438. The van der Waals surface area contributed by atoms with Gasteiger partial charge in [-0.25, -0.2) is 4.79 Å². The van der Waals surface area contributed by atoms with E-state index in [2.05, 4.69) is 37.4 Å². The van der Waals surface area contributed by atoms with Gasteiger partial charge in [0, 0.05) is 20.1 Å². The van der Waals surface area contributed by atoms with Gasteiger partial charge in [0.2, 0.25) is 0 Å². The Kier molecular flexibility index (Phi) is 3.90. The van der Waals surface area contributed by atoms with Crippen molar-refractivity contribution >= 4 is 6.03 Å². The number of nitrogens with one attached hydrogen (secondary N) is 1. The first-order valence-corrected chi connectivity index (χ1v) is 6.61. The zero-order valence-corrected chi connectivity index (χ0v) is 11.5. The number of rotatable bonds is 4. The number of hydrogen-bond donors (Lipinski definition) is 1. The van der Waals surface area contributed by atoms with E-state index in [-0.39, 0.29) is 6.03 Å². The lowest BCUT2D eigenvalue weighted by Gasteiger charge is -2.19. The molecule has 1 aliphatic carbocycles. The maximum atomic E-state index is 11.9. The van der Waals surface area contributed by atoms with E-state index in [1.54, 1.807) is 4.90 Å². The van der Waals surface area contributed by atoms with Crippen molar-refractivity contribution in [1.82, 2.24) is 10.2 Å². The van der Waals surface area contributed by atoms with Gasteiger partial charge in [0.15, 0.2) is 0 Å². The van der Waals surface area contributed by atoms with Gasteiger partial charge in [-0.1, -0.05) is 23.8 Å². The Labute approximate surface area is 109 Å². The molecule has 3 nitrogen and oxygen atoms in total. The second-order valence-corrected chi connectivity index (χ2v) is 5.42. The molecule has 0 atom stereocenters. The standard InChI is InChI=1S/C15H22N2O/c1-11-4-7-14(12(2)8-11)10-17(3)15(18)16-9-13-5-6-13/h4,7-8,13H,5-6,9-10H2,1-3H3,(H,16,18). The Morgan fingerprint density at radius 3 is 2.72 bits per heavy atom. The van der Waals surface area contributed by atoms with E-state index in [9.17, 15) is 4.79 Å². The average molecular weight is 246 g/mol. The molecule has 0 unspecified atom stereocenters. The van der Waals surface area contributed by atoms with Crippen LogP contribution in [0.25, 0.3) is 0 Å². The molecule has 0 radical (unpaired) electrons. The number of aryl methyl sites for hydroxylation is 2. The van der Waals surface area contributed by atoms with E-state index in [0.717, 1.165) is 12.5 Å². The van der Waals surface area contributed by atoms with Gasteiger partial charge < -0.3 is 10.2 Å². The SMILES string of the molecule is Cc1ccc(CN(C)C(=O)NCC2CC2)c(C)c1. The van der Waals surface area contributed by atoms with Crippen molar-refractivity contribution in [3.05, 3.63) is 34.9 Å². The Balaban J connectivity index is 1.88. The lowest BCUT2D eigenvalue weighted by atomic mass is 10.1. The summed E-state index contributed by atoms with van der Waals surface area (Å²) in [5, 5.41) is 2.98. The maximum Gasteiger partial charge on any atom is 0.317 e. The monoisotopic (exact) mass is 246 g/mol. The van der Waals surface area contributed by atoms with Crippen molar-refractivity contribution < 1.29 is 4.79 Å². The van der Waals surface area contributed by atoms with E-state index in [0.29, 0.717) is 6.54 Å². The minimum absolute atomic E-state index is 0.0295. The molecule has 1 fully saturated rings. The first-order chi connectivity index (χ1) is 8.56. The van der Waals surface area contributed by atoms with Crippen LogP contribution in [0.3, 0.4) is 0 Å². The molecule has 18 heavy (non-hydrogen) atoms. The fourth-order valence-electron chi connectivity index (χ4n) is 2.04. The van der Waals surface area contributed by atoms with Crippen LogP contribution in [0.1, 0.15) is 29.5 Å². The third-order valence-corrected chi connectivity index (χ3v) is 3.49. The van der Waals surface area contributed by atoms with Gasteiger partial charge in [-0.05, 0) is 43.7 Å². The summed E-state index contributed by atoms with van der Waals surface area (Å²) >= 11 is 0. The molecule has 1 aliphatic rings. The first-order valence-electron chi connectivity index (χ1n) is 6.61. The van der Waals surface area contributed by atoms with E-state index in [1.807, 2.05) is 7.05 Å². The van der Waals surface area contributed by atoms with E-state index in [1.165, 1.54) is 29.5 Å². The highest BCUT2D eigenvalue weighted by atomic mass is 16.2. The number of hydrogen-bond acceptors (Lipinski definition) is 1. The second kappa shape index (κ2) is 5.42. The minimum Gasteiger partial charge on any atom is -0.338 e. The third kappa shape index (κ3) is 3.49. The summed E-state index contributed by atoms with van der Waals surface area (Å²) in [5.41, 5.74) is 3.72. The third-order valence-electron chi connectivity index (χ3n) is 3.49. The van der Waals surface area contributed by atoms with E-state index in [4.69, 9.17) is 0 Å². The number of amides is 2. The normalized spacial score (nSPS) is 14.4. The van der Waals surface area contributed by atoms with Crippen LogP contribution in [-0.4, -0.2) is 24.5 Å². The largest absolute Gasteiger partial charge is 0.338 e. The van der Waals surface area contributed by atoms with Crippen LogP contribution in [0.5, 0.6) is 0 Å². The van der Waals surface area contributed by atoms with Gasteiger partial charge in [0.05, 0.1) is 0 Å². The van der Waals surface area contributed by atoms with Crippen LogP contribution in [-0.2, 0) is 6.54 Å². The van der Waals surface area contributed by atoms with E-state index < -0.39 is 0 Å². The summed E-state index contributed by atoms with van der Waals surface area (Å²) in [4.78, 5) is 13.6. The number of urea groups is 1. The van der Waals surface area contributed by atoms with Gasteiger partial charge in [-0.15, -0.1) is 0 Å². The Hall–Kier alpha value is -1.51. The Morgan fingerprint density at radius 1 is 1.39 bits per heavy atom. The molecule has 2 rings (SSSR count). The minimum atomic E-state index is 0.0295. The molecule has 1 aromatic rings. The topological polar surface area (TPSA) is 32.3 Å². The summed E-state index contributed by atoms with van der Waals surface area (Å²) in [6, 6.07) is 6.39. The van der Waals surface area contributed by atoms with Crippen molar-refractivity contribution in [1.29, 1.82) is 0 Å². The molecule has 0 spiro atoms. The molecule has 0 aromatic heterocycles. The fraction of sp³-hybridized carbons (Fsp3) is 0.533. The molecule has 0 bridgehead atoms. The molecule has 0 aliphatic heterocycles. The van der Waals surface area contributed by atoms with Crippen LogP contribution < -0.4 is 5.32 Å². The van der Waals surface area contributed by atoms with E-state index >= 15 is 0 Å². The molecular formula is C15H22N2O. The van der Waals surface area contributed by atoms with Crippen LogP contribution >= 0.6 is 0 Å². The predicted molar refractivity (Wildman–Crippen MR) is 73.5 cm³/mol. The number of carbonyl (C=O) groups excluding carboxylic acids is 1. The molecule has 2 amide bonds.